The highest BCUT2D eigenvalue weighted by atomic mass is 16.5. The topological polar surface area (TPSA) is 150 Å². The lowest BCUT2D eigenvalue weighted by molar-refractivity contribution is -0.116. The van der Waals surface area contributed by atoms with Gasteiger partial charge in [-0.15, -0.1) is 0 Å². The summed E-state index contributed by atoms with van der Waals surface area (Å²) in [5, 5.41) is 14.1. The molecule has 0 saturated heterocycles. The normalized spacial score (nSPS) is 10.7. The van der Waals surface area contributed by atoms with E-state index in [0.717, 1.165) is 11.1 Å². The third-order valence-electron chi connectivity index (χ3n) is 5.06. The summed E-state index contributed by atoms with van der Waals surface area (Å²) in [5.41, 5.74) is 9.51. The van der Waals surface area contributed by atoms with Crippen LogP contribution in [0.1, 0.15) is 15.9 Å². The van der Waals surface area contributed by atoms with Gasteiger partial charge in [-0.3, -0.25) is 4.79 Å². The number of amides is 1. The third kappa shape index (κ3) is 4.58. The Morgan fingerprint density at radius 3 is 2.47 bits per heavy atom. The number of carbonyl (C=O) groups excluding carboxylic acids is 2. The molecule has 0 aliphatic carbocycles. The van der Waals surface area contributed by atoms with Crippen LogP contribution in [0.5, 0.6) is 0 Å². The van der Waals surface area contributed by atoms with Crippen molar-refractivity contribution in [3.8, 4) is 22.8 Å². The minimum Gasteiger partial charge on any atom is -0.465 e. The van der Waals surface area contributed by atoms with Crippen LogP contribution in [0, 0.1) is 6.92 Å². The Kier molecular flexibility index (Phi) is 6.26. The maximum absolute atomic E-state index is 12.6. The zero-order chi connectivity index (χ0) is 24.2. The number of aryl methyl sites for hydroxylation is 1. The Hall–Kier alpha value is -4.67. The van der Waals surface area contributed by atoms with Gasteiger partial charge in [0.15, 0.2) is 5.82 Å². The highest BCUT2D eigenvalue weighted by molar-refractivity contribution is 5.93. The summed E-state index contributed by atoms with van der Waals surface area (Å²) < 4.78 is 11.4. The molecule has 0 atom stereocenters. The molecule has 0 unspecified atom stereocenters. The number of carbonyl (C=O) groups is 2. The van der Waals surface area contributed by atoms with Crippen molar-refractivity contribution in [2.75, 3.05) is 30.5 Å². The first-order valence-corrected chi connectivity index (χ1v) is 10.3. The molecule has 4 rings (SSSR count). The number of aromatic nitrogens is 4. The molecule has 0 fully saturated rings. The molecular weight excluding hydrogens is 438 g/mol. The number of methoxy groups -OCH3 is 1. The minimum absolute atomic E-state index is 0.155. The Morgan fingerprint density at radius 2 is 1.82 bits per heavy atom. The number of hydrogen-bond donors (Lipinski definition) is 3. The van der Waals surface area contributed by atoms with Gasteiger partial charge in [0.2, 0.25) is 11.7 Å². The van der Waals surface area contributed by atoms with E-state index in [9.17, 15) is 9.59 Å². The van der Waals surface area contributed by atoms with Gasteiger partial charge >= 0.3 is 5.97 Å². The van der Waals surface area contributed by atoms with Crippen LogP contribution < -0.4 is 16.4 Å². The molecule has 0 saturated carbocycles. The lowest BCUT2D eigenvalue weighted by Gasteiger charge is -2.07. The predicted octanol–water partition coefficient (Wildman–Crippen LogP) is 2.96. The summed E-state index contributed by atoms with van der Waals surface area (Å²) in [7, 11) is 2.98. The van der Waals surface area contributed by atoms with Crippen LogP contribution in [0.25, 0.3) is 22.8 Å². The van der Waals surface area contributed by atoms with E-state index >= 15 is 0 Å². The lowest BCUT2D eigenvalue weighted by atomic mass is 10.1. The summed E-state index contributed by atoms with van der Waals surface area (Å²) in [5.74, 6) is 0.368. The molecule has 0 radical (unpaired) electrons. The number of nitrogens with one attached hydrogen (secondary N) is 2. The van der Waals surface area contributed by atoms with E-state index in [1.165, 1.54) is 11.8 Å². The van der Waals surface area contributed by atoms with E-state index in [1.807, 2.05) is 31.2 Å². The second kappa shape index (κ2) is 9.45. The van der Waals surface area contributed by atoms with Crippen LogP contribution in [0.3, 0.4) is 0 Å². The number of rotatable bonds is 7. The molecule has 2 aromatic heterocycles. The average Bonchev–Trinajstić information content (AvgIpc) is 3.44. The predicted molar refractivity (Wildman–Crippen MR) is 126 cm³/mol. The SMILES string of the molecule is CNc1nn(CC(=O)Nc2ccc(C(=O)OC)cc2)c(N)c1-c1nc(-c2ccc(C)cc2)no1. The number of nitrogens with zero attached hydrogens (tertiary/aromatic N) is 4. The number of benzene rings is 2. The Balaban J connectivity index is 1.52. The summed E-state index contributed by atoms with van der Waals surface area (Å²) in [6.07, 6.45) is 0. The minimum atomic E-state index is -0.458. The number of ether oxygens (including phenoxy) is 1. The van der Waals surface area contributed by atoms with Gasteiger partial charge in [0, 0.05) is 18.3 Å². The summed E-state index contributed by atoms with van der Waals surface area (Å²) in [6.45, 7) is 1.84. The summed E-state index contributed by atoms with van der Waals surface area (Å²) in [4.78, 5) is 28.6. The van der Waals surface area contributed by atoms with Crippen molar-refractivity contribution in [3.05, 3.63) is 59.7 Å². The highest BCUT2D eigenvalue weighted by Gasteiger charge is 2.23. The molecule has 174 valence electrons. The lowest BCUT2D eigenvalue weighted by Crippen LogP contribution is -2.20. The molecule has 4 N–H and O–H groups in total. The van der Waals surface area contributed by atoms with Crippen molar-refractivity contribution >= 4 is 29.2 Å². The quantitative estimate of drug-likeness (QED) is 0.353. The number of nitrogens with two attached hydrogens (primary N) is 1. The highest BCUT2D eigenvalue weighted by Crippen LogP contribution is 2.33. The van der Waals surface area contributed by atoms with Gasteiger partial charge in [-0.25, -0.2) is 9.48 Å². The van der Waals surface area contributed by atoms with E-state index in [2.05, 4.69) is 30.6 Å². The van der Waals surface area contributed by atoms with E-state index in [4.69, 9.17) is 10.3 Å². The molecule has 0 aliphatic heterocycles. The molecule has 0 bridgehead atoms. The first-order chi connectivity index (χ1) is 16.4. The number of anilines is 3. The number of nitrogen functional groups attached to an aromatic ring is 1. The fraction of sp³-hybridized carbons (Fsp3) is 0.174. The smallest absolute Gasteiger partial charge is 0.337 e. The first kappa shape index (κ1) is 22.5. The fourth-order valence-corrected chi connectivity index (χ4v) is 3.27. The molecule has 34 heavy (non-hydrogen) atoms. The Bertz CT molecular complexity index is 1320. The molecule has 0 spiro atoms. The van der Waals surface area contributed by atoms with Gasteiger partial charge in [-0.2, -0.15) is 10.1 Å². The summed E-state index contributed by atoms with van der Waals surface area (Å²) in [6, 6.07) is 14.0. The van der Waals surface area contributed by atoms with Crippen LogP contribution in [0.2, 0.25) is 0 Å². The van der Waals surface area contributed by atoms with Crippen LogP contribution in [0.15, 0.2) is 53.1 Å². The van der Waals surface area contributed by atoms with Crippen LogP contribution in [0.4, 0.5) is 17.3 Å². The molecule has 11 nitrogen and oxygen atoms in total. The standard InChI is InChI=1S/C23H23N7O4/c1-13-4-6-14(7-5-13)20-27-22(34-29-20)18-19(24)30(28-21(18)25-2)12-17(31)26-16-10-8-15(9-11-16)23(32)33-3/h4-11H,12,24H2,1-3H3,(H,25,28)(H,26,31). The molecule has 2 aromatic carbocycles. The fourth-order valence-electron chi connectivity index (χ4n) is 3.27. The van der Waals surface area contributed by atoms with Gasteiger partial charge in [-0.05, 0) is 31.2 Å². The second-order valence-corrected chi connectivity index (χ2v) is 7.42. The van der Waals surface area contributed by atoms with E-state index < -0.39 is 5.97 Å². The summed E-state index contributed by atoms with van der Waals surface area (Å²) >= 11 is 0. The van der Waals surface area contributed by atoms with Crippen molar-refractivity contribution in [2.24, 2.45) is 0 Å². The van der Waals surface area contributed by atoms with Gasteiger partial charge in [-0.1, -0.05) is 35.0 Å². The van der Waals surface area contributed by atoms with Gasteiger partial charge in [0.25, 0.3) is 5.89 Å². The van der Waals surface area contributed by atoms with Crippen LogP contribution in [-0.2, 0) is 16.1 Å². The Morgan fingerprint density at radius 1 is 1.12 bits per heavy atom. The van der Waals surface area contributed by atoms with E-state index in [0.29, 0.717) is 28.5 Å². The van der Waals surface area contributed by atoms with Crippen molar-refractivity contribution in [2.45, 2.75) is 13.5 Å². The van der Waals surface area contributed by atoms with Gasteiger partial charge in [0.05, 0.1) is 12.7 Å². The van der Waals surface area contributed by atoms with Crippen molar-refractivity contribution < 1.29 is 18.8 Å². The third-order valence-corrected chi connectivity index (χ3v) is 5.06. The van der Waals surface area contributed by atoms with Gasteiger partial charge < -0.3 is 25.6 Å². The maximum atomic E-state index is 12.6. The van der Waals surface area contributed by atoms with Crippen molar-refractivity contribution in [1.29, 1.82) is 0 Å². The van der Waals surface area contributed by atoms with Crippen LogP contribution >= 0.6 is 0 Å². The maximum Gasteiger partial charge on any atom is 0.337 e. The van der Waals surface area contributed by atoms with Crippen molar-refractivity contribution in [3.63, 3.8) is 0 Å². The molecular formula is C23H23N7O4. The monoisotopic (exact) mass is 461 g/mol. The average molecular weight is 461 g/mol. The van der Waals surface area contributed by atoms with Crippen LogP contribution in [-0.4, -0.2) is 46.0 Å². The molecule has 0 aliphatic rings. The molecule has 2 heterocycles. The van der Waals surface area contributed by atoms with Gasteiger partial charge in [0.1, 0.15) is 17.9 Å². The molecule has 11 heteroatoms. The largest absolute Gasteiger partial charge is 0.465 e. The Labute approximate surface area is 194 Å². The zero-order valence-electron chi connectivity index (χ0n) is 18.8. The first-order valence-electron chi connectivity index (χ1n) is 10.3. The van der Waals surface area contributed by atoms with E-state index in [1.54, 1.807) is 31.3 Å². The van der Waals surface area contributed by atoms with Crippen molar-refractivity contribution in [1.82, 2.24) is 19.9 Å². The molecule has 1 amide bonds. The number of hydrogen-bond acceptors (Lipinski definition) is 9. The molecule has 4 aromatic rings. The van der Waals surface area contributed by atoms with E-state index in [-0.39, 0.29) is 24.2 Å². The number of esters is 1. The zero-order valence-corrected chi connectivity index (χ0v) is 18.8. The second-order valence-electron chi connectivity index (χ2n) is 7.42.